The summed E-state index contributed by atoms with van der Waals surface area (Å²) in [6, 6.07) is 4.04. The largest absolute Gasteiger partial charge is 0.761 e. The van der Waals surface area contributed by atoms with E-state index >= 15 is 0 Å². The fourth-order valence-electron chi connectivity index (χ4n) is 0.704. The summed E-state index contributed by atoms with van der Waals surface area (Å²) in [5.41, 5.74) is 2.68. The molecule has 0 aromatic heterocycles. The molecule has 2 nitrogen and oxygen atoms in total. The van der Waals surface area contributed by atoms with E-state index in [9.17, 15) is 9.60 Å². The van der Waals surface area contributed by atoms with E-state index in [-0.39, 0.29) is 0 Å². The first-order valence-electron chi connectivity index (χ1n) is 2.88. The number of benzene rings is 1. The highest BCUT2D eigenvalue weighted by Crippen LogP contribution is 2.14. The quantitative estimate of drug-likeness (QED) is 0.606. The third-order valence-electron chi connectivity index (χ3n) is 1.31. The van der Waals surface area contributed by atoms with Crippen molar-refractivity contribution in [3.8, 4) is 0 Å². The van der Waals surface area contributed by atoms with Crippen LogP contribution in [0.1, 0.15) is 5.56 Å². The SMILES string of the molecule is Cc1ccc(F)cc1N[O-]. The number of rotatable bonds is 1. The summed E-state index contributed by atoms with van der Waals surface area (Å²) < 4.78 is 12.4. The monoisotopic (exact) mass is 140 g/mol. The molecule has 0 saturated carbocycles. The van der Waals surface area contributed by atoms with Crippen LogP contribution in [0.3, 0.4) is 0 Å². The molecule has 0 radical (unpaired) electrons. The van der Waals surface area contributed by atoms with Gasteiger partial charge in [-0.2, -0.15) is 0 Å². The topological polar surface area (TPSA) is 35.1 Å². The van der Waals surface area contributed by atoms with E-state index < -0.39 is 5.82 Å². The zero-order valence-corrected chi connectivity index (χ0v) is 5.52. The Morgan fingerprint density at radius 2 is 2.20 bits per heavy atom. The van der Waals surface area contributed by atoms with Crippen LogP contribution in [0.5, 0.6) is 0 Å². The number of halogens is 1. The van der Waals surface area contributed by atoms with Gasteiger partial charge in [0, 0.05) is 5.69 Å². The van der Waals surface area contributed by atoms with Crippen LogP contribution < -0.4 is 5.48 Å². The standard InChI is InChI=1S/C7H7FNO/c1-5-2-3-6(8)4-7(5)9-10/h2-4,9H,1H3/q-1. The molecular formula is C7H7FNO-. The minimum absolute atomic E-state index is 0.292. The van der Waals surface area contributed by atoms with Crippen molar-refractivity contribution in [3.63, 3.8) is 0 Å². The molecule has 0 bridgehead atoms. The molecule has 10 heavy (non-hydrogen) atoms. The molecule has 0 aliphatic heterocycles. The second-order valence-corrected chi connectivity index (χ2v) is 2.06. The second-order valence-electron chi connectivity index (χ2n) is 2.06. The van der Waals surface area contributed by atoms with Crippen molar-refractivity contribution in [3.05, 3.63) is 34.8 Å². The molecule has 0 saturated heterocycles. The molecule has 0 atom stereocenters. The van der Waals surface area contributed by atoms with Crippen LogP contribution in [-0.4, -0.2) is 0 Å². The maximum absolute atomic E-state index is 12.4. The maximum atomic E-state index is 12.4. The van der Waals surface area contributed by atoms with Gasteiger partial charge in [-0.1, -0.05) is 6.07 Å². The van der Waals surface area contributed by atoms with Crippen molar-refractivity contribution in [2.24, 2.45) is 0 Å². The van der Waals surface area contributed by atoms with Gasteiger partial charge >= 0.3 is 0 Å². The number of hydrogen-bond acceptors (Lipinski definition) is 2. The van der Waals surface area contributed by atoms with Crippen molar-refractivity contribution < 1.29 is 4.39 Å². The van der Waals surface area contributed by atoms with Crippen LogP contribution in [0.15, 0.2) is 18.2 Å². The van der Waals surface area contributed by atoms with Gasteiger partial charge in [0.15, 0.2) is 0 Å². The smallest absolute Gasteiger partial charge is 0.125 e. The predicted octanol–water partition coefficient (Wildman–Crippen LogP) is 2.04. The third kappa shape index (κ3) is 1.25. The second kappa shape index (κ2) is 2.66. The Morgan fingerprint density at radius 3 is 2.70 bits per heavy atom. The van der Waals surface area contributed by atoms with Crippen LogP contribution in [-0.2, 0) is 0 Å². The van der Waals surface area contributed by atoms with Gasteiger partial charge in [-0.3, -0.25) is 0 Å². The van der Waals surface area contributed by atoms with Crippen LogP contribution in [0.4, 0.5) is 10.1 Å². The van der Waals surface area contributed by atoms with Crippen molar-refractivity contribution in [1.29, 1.82) is 0 Å². The minimum atomic E-state index is -0.399. The zero-order chi connectivity index (χ0) is 7.56. The molecular weight excluding hydrogens is 133 g/mol. The summed E-state index contributed by atoms with van der Waals surface area (Å²) in [4.78, 5) is 0. The number of anilines is 1. The average Bonchev–Trinajstić information content (AvgIpc) is 1.94. The molecule has 0 spiro atoms. The molecule has 54 valence electrons. The Bertz CT molecular complexity index is 237. The van der Waals surface area contributed by atoms with Crippen molar-refractivity contribution in [1.82, 2.24) is 0 Å². The number of aryl methyl sites for hydroxylation is 1. The molecule has 1 N–H and O–H groups in total. The molecule has 1 aromatic rings. The number of nitrogens with one attached hydrogen (secondary N) is 1. The fraction of sp³-hybridized carbons (Fsp3) is 0.143. The van der Waals surface area contributed by atoms with Crippen molar-refractivity contribution in [2.75, 3.05) is 5.48 Å². The predicted molar refractivity (Wildman–Crippen MR) is 38.1 cm³/mol. The van der Waals surface area contributed by atoms with E-state index in [1.807, 2.05) is 0 Å². The third-order valence-corrected chi connectivity index (χ3v) is 1.31. The maximum Gasteiger partial charge on any atom is 0.125 e. The van der Waals surface area contributed by atoms with Crippen LogP contribution in [0.2, 0.25) is 0 Å². The van der Waals surface area contributed by atoms with E-state index in [4.69, 9.17) is 0 Å². The molecule has 0 heterocycles. The van der Waals surface area contributed by atoms with Gasteiger partial charge < -0.3 is 10.7 Å². The Morgan fingerprint density at radius 1 is 1.50 bits per heavy atom. The first-order chi connectivity index (χ1) is 4.74. The first kappa shape index (κ1) is 7.02. The number of hydrogen-bond donors (Lipinski definition) is 1. The molecule has 1 rings (SSSR count). The molecule has 0 fully saturated rings. The zero-order valence-electron chi connectivity index (χ0n) is 5.52. The molecule has 3 heteroatoms. The normalized spacial score (nSPS) is 9.50. The van der Waals surface area contributed by atoms with E-state index in [0.717, 1.165) is 5.56 Å². The van der Waals surface area contributed by atoms with Gasteiger partial charge in [0.25, 0.3) is 0 Å². The summed E-state index contributed by atoms with van der Waals surface area (Å²) in [6.45, 7) is 1.74. The van der Waals surface area contributed by atoms with E-state index in [0.29, 0.717) is 5.69 Å². The van der Waals surface area contributed by atoms with Gasteiger partial charge in [0.2, 0.25) is 0 Å². The van der Waals surface area contributed by atoms with Gasteiger partial charge in [-0.15, -0.1) is 0 Å². The Kier molecular flexibility index (Phi) is 1.87. The van der Waals surface area contributed by atoms with Crippen molar-refractivity contribution >= 4 is 5.69 Å². The molecule has 0 aliphatic carbocycles. The molecule has 0 aliphatic rings. The van der Waals surface area contributed by atoms with Crippen molar-refractivity contribution in [2.45, 2.75) is 6.92 Å². The average molecular weight is 140 g/mol. The summed E-state index contributed by atoms with van der Waals surface area (Å²) in [5, 5.41) is 10.1. The van der Waals surface area contributed by atoms with E-state index in [1.165, 1.54) is 12.1 Å². The van der Waals surface area contributed by atoms with Gasteiger partial charge in [0.1, 0.15) is 5.82 Å². The lowest BCUT2D eigenvalue weighted by molar-refractivity contribution is 0.628. The van der Waals surface area contributed by atoms with E-state index in [1.54, 1.807) is 18.5 Å². The summed E-state index contributed by atoms with van der Waals surface area (Å²) in [7, 11) is 0. The summed E-state index contributed by atoms with van der Waals surface area (Å²) in [5.74, 6) is -0.399. The van der Waals surface area contributed by atoms with Gasteiger partial charge in [-0.05, 0) is 24.6 Å². The lowest BCUT2D eigenvalue weighted by Gasteiger charge is -2.11. The molecule has 1 aromatic carbocycles. The molecule has 0 amide bonds. The molecule has 0 unspecified atom stereocenters. The van der Waals surface area contributed by atoms with E-state index in [2.05, 4.69) is 0 Å². The lowest BCUT2D eigenvalue weighted by atomic mass is 10.2. The fourth-order valence-corrected chi connectivity index (χ4v) is 0.704. The highest BCUT2D eigenvalue weighted by atomic mass is 19.1. The summed E-state index contributed by atoms with van der Waals surface area (Å²) in [6.07, 6.45) is 0. The van der Waals surface area contributed by atoms with Crippen LogP contribution >= 0.6 is 0 Å². The Balaban J connectivity index is 3.09. The van der Waals surface area contributed by atoms with Gasteiger partial charge in [0.05, 0.1) is 0 Å². The van der Waals surface area contributed by atoms with Gasteiger partial charge in [-0.25, -0.2) is 4.39 Å². The highest BCUT2D eigenvalue weighted by Gasteiger charge is 1.93. The van der Waals surface area contributed by atoms with Crippen LogP contribution in [0.25, 0.3) is 0 Å². The minimum Gasteiger partial charge on any atom is -0.761 e. The van der Waals surface area contributed by atoms with Crippen LogP contribution in [0, 0.1) is 17.9 Å². The Hall–Kier alpha value is -1.09. The highest BCUT2D eigenvalue weighted by molar-refractivity contribution is 5.50. The summed E-state index contributed by atoms with van der Waals surface area (Å²) >= 11 is 0. The lowest BCUT2D eigenvalue weighted by Crippen LogP contribution is -1.89. The first-order valence-corrected chi connectivity index (χ1v) is 2.88. The Labute approximate surface area is 58.3 Å².